The quantitative estimate of drug-likeness (QED) is 0.499. The lowest BCUT2D eigenvalue weighted by Crippen LogP contribution is -2.36. The summed E-state index contributed by atoms with van der Waals surface area (Å²) < 4.78 is 2.59. The molecular formula is C9H11N2O2+. The van der Waals surface area contributed by atoms with Crippen molar-refractivity contribution in [2.24, 2.45) is 0 Å². The molecule has 2 aromatic rings. The van der Waals surface area contributed by atoms with Crippen molar-refractivity contribution >= 4 is 11.0 Å². The van der Waals surface area contributed by atoms with Crippen LogP contribution >= 0.6 is 0 Å². The van der Waals surface area contributed by atoms with E-state index in [0.717, 1.165) is 10.2 Å². The molecule has 0 radical (unpaired) electrons. The van der Waals surface area contributed by atoms with Crippen molar-refractivity contribution in [3.05, 3.63) is 30.6 Å². The maximum absolute atomic E-state index is 9.43. The van der Waals surface area contributed by atoms with E-state index in [0.29, 0.717) is 5.52 Å². The summed E-state index contributed by atoms with van der Waals surface area (Å²) in [6.45, 7) is 1.65. The first kappa shape index (κ1) is 8.07. The maximum Gasteiger partial charge on any atom is 0.287 e. The molecule has 0 amide bonds. The molecule has 0 aliphatic heterocycles. The number of imidazole rings is 1. The van der Waals surface area contributed by atoms with Gasteiger partial charge in [-0.05, 0) is 16.9 Å². The van der Waals surface area contributed by atoms with E-state index in [1.54, 1.807) is 17.6 Å². The number of rotatable bonds is 1. The van der Waals surface area contributed by atoms with Crippen molar-refractivity contribution < 1.29 is 14.9 Å². The second kappa shape index (κ2) is 2.74. The van der Waals surface area contributed by atoms with Gasteiger partial charge in [0.2, 0.25) is 5.52 Å². The Morgan fingerprint density at radius 1 is 1.38 bits per heavy atom. The van der Waals surface area contributed by atoms with Crippen LogP contribution in [0.3, 0.4) is 0 Å². The molecule has 2 N–H and O–H groups in total. The molecule has 2 rings (SSSR count). The van der Waals surface area contributed by atoms with Gasteiger partial charge in [0.1, 0.15) is 0 Å². The van der Waals surface area contributed by atoms with Crippen molar-refractivity contribution in [2.75, 3.05) is 0 Å². The largest absolute Gasteiger partial charge is 0.355 e. The van der Waals surface area contributed by atoms with Crippen molar-refractivity contribution in [1.29, 1.82) is 0 Å². The van der Waals surface area contributed by atoms with Gasteiger partial charge in [-0.25, -0.2) is 0 Å². The monoisotopic (exact) mass is 179 g/mol. The predicted octanol–water partition coefficient (Wildman–Crippen LogP) is 0.677. The Hall–Kier alpha value is -1.55. The number of aliphatic hydroxyl groups excluding tert-OH is 1. The average Bonchev–Trinajstić information content (AvgIpc) is 2.45. The third-order valence-corrected chi connectivity index (χ3v) is 2.04. The minimum atomic E-state index is -0.640. The Morgan fingerprint density at radius 2 is 2.08 bits per heavy atom. The normalized spacial score (nSPS) is 13.4. The molecule has 1 aromatic carbocycles. The number of aliphatic hydroxyl groups is 1. The van der Waals surface area contributed by atoms with E-state index in [1.165, 1.54) is 6.33 Å². The highest BCUT2D eigenvalue weighted by molar-refractivity contribution is 5.71. The fourth-order valence-electron chi connectivity index (χ4n) is 1.42. The lowest BCUT2D eigenvalue weighted by molar-refractivity contribution is -0.734. The Kier molecular flexibility index (Phi) is 1.70. The summed E-state index contributed by atoms with van der Waals surface area (Å²) in [5, 5.41) is 18.8. The SMILES string of the molecule is CC(O)[n+]1cn(O)c2ccccc21. The van der Waals surface area contributed by atoms with Gasteiger partial charge in [-0.3, -0.25) is 0 Å². The first-order valence-corrected chi connectivity index (χ1v) is 4.08. The highest BCUT2D eigenvalue weighted by Crippen LogP contribution is 2.09. The molecule has 68 valence electrons. The first-order valence-electron chi connectivity index (χ1n) is 4.08. The zero-order valence-corrected chi connectivity index (χ0v) is 7.25. The highest BCUT2D eigenvalue weighted by atomic mass is 16.5. The van der Waals surface area contributed by atoms with Crippen molar-refractivity contribution in [2.45, 2.75) is 13.2 Å². The molecule has 0 fully saturated rings. The summed E-state index contributed by atoms with van der Waals surface area (Å²) in [5.41, 5.74) is 1.49. The fraction of sp³-hybridized carbons (Fsp3) is 0.222. The van der Waals surface area contributed by atoms with Crippen LogP contribution in [0.15, 0.2) is 30.6 Å². The molecule has 13 heavy (non-hydrogen) atoms. The maximum atomic E-state index is 9.43. The molecule has 0 saturated carbocycles. The van der Waals surface area contributed by atoms with Gasteiger partial charge in [-0.2, -0.15) is 4.57 Å². The fourth-order valence-corrected chi connectivity index (χ4v) is 1.42. The van der Waals surface area contributed by atoms with Crippen LogP contribution in [0.5, 0.6) is 0 Å². The molecule has 0 bridgehead atoms. The molecule has 0 aliphatic carbocycles. The summed E-state index contributed by atoms with van der Waals surface area (Å²) in [7, 11) is 0. The molecule has 0 spiro atoms. The average molecular weight is 179 g/mol. The number of benzene rings is 1. The summed E-state index contributed by atoms with van der Waals surface area (Å²) in [6, 6.07) is 7.33. The van der Waals surface area contributed by atoms with Crippen LogP contribution in [0.4, 0.5) is 0 Å². The van der Waals surface area contributed by atoms with Crippen LogP contribution in [-0.4, -0.2) is 15.0 Å². The number of hydrogen-bond donors (Lipinski definition) is 2. The van der Waals surface area contributed by atoms with E-state index in [4.69, 9.17) is 0 Å². The van der Waals surface area contributed by atoms with Gasteiger partial charge in [0, 0.05) is 6.92 Å². The highest BCUT2D eigenvalue weighted by Gasteiger charge is 2.17. The van der Waals surface area contributed by atoms with Gasteiger partial charge in [0.25, 0.3) is 6.33 Å². The van der Waals surface area contributed by atoms with Gasteiger partial charge in [0.05, 0.1) is 0 Å². The summed E-state index contributed by atoms with van der Waals surface area (Å²) in [6.07, 6.45) is 0.813. The Labute approximate surface area is 75.2 Å². The van der Waals surface area contributed by atoms with Crippen LogP contribution in [0, 0.1) is 0 Å². The van der Waals surface area contributed by atoms with Gasteiger partial charge in [0.15, 0.2) is 11.7 Å². The molecule has 4 heteroatoms. The summed E-state index contributed by atoms with van der Waals surface area (Å²) in [5.74, 6) is 0. The van der Waals surface area contributed by atoms with Crippen LogP contribution in [0.25, 0.3) is 11.0 Å². The molecular weight excluding hydrogens is 168 g/mol. The minimum Gasteiger partial charge on any atom is -0.355 e. The zero-order chi connectivity index (χ0) is 9.42. The lowest BCUT2D eigenvalue weighted by Gasteiger charge is -1.97. The molecule has 4 nitrogen and oxygen atoms in total. The van der Waals surface area contributed by atoms with E-state index < -0.39 is 6.23 Å². The smallest absolute Gasteiger partial charge is 0.287 e. The summed E-state index contributed by atoms with van der Waals surface area (Å²) >= 11 is 0. The number of fused-ring (bicyclic) bond motifs is 1. The minimum absolute atomic E-state index is 0.640. The number of aromatic nitrogens is 2. The van der Waals surface area contributed by atoms with E-state index >= 15 is 0 Å². The van der Waals surface area contributed by atoms with Gasteiger partial charge in [-0.15, -0.1) is 0 Å². The topological polar surface area (TPSA) is 49.3 Å². The van der Waals surface area contributed by atoms with E-state index in [2.05, 4.69) is 0 Å². The molecule has 1 atom stereocenters. The van der Waals surface area contributed by atoms with Crippen molar-refractivity contribution in [1.82, 2.24) is 4.73 Å². The third kappa shape index (κ3) is 1.15. The van der Waals surface area contributed by atoms with E-state index in [-0.39, 0.29) is 0 Å². The van der Waals surface area contributed by atoms with E-state index in [1.807, 2.05) is 18.2 Å². The van der Waals surface area contributed by atoms with Crippen molar-refractivity contribution in [3.8, 4) is 0 Å². The number of hydrogen-bond acceptors (Lipinski definition) is 2. The van der Waals surface area contributed by atoms with Crippen LogP contribution < -0.4 is 4.57 Å². The van der Waals surface area contributed by atoms with Crippen LogP contribution in [-0.2, 0) is 0 Å². The van der Waals surface area contributed by atoms with Crippen LogP contribution in [0.2, 0.25) is 0 Å². The van der Waals surface area contributed by atoms with Gasteiger partial charge in [-0.1, -0.05) is 12.1 Å². The molecule has 1 heterocycles. The molecule has 1 unspecified atom stereocenters. The second-order valence-electron chi connectivity index (χ2n) is 2.99. The first-order chi connectivity index (χ1) is 6.20. The van der Waals surface area contributed by atoms with Crippen molar-refractivity contribution in [3.63, 3.8) is 0 Å². The van der Waals surface area contributed by atoms with Gasteiger partial charge < -0.3 is 10.3 Å². The predicted molar refractivity (Wildman–Crippen MR) is 46.2 cm³/mol. The Morgan fingerprint density at radius 3 is 2.77 bits per heavy atom. The lowest BCUT2D eigenvalue weighted by atomic mass is 10.3. The van der Waals surface area contributed by atoms with E-state index in [9.17, 15) is 10.3 Å². The Balaban J connectivity index is 2.78. The molecule has 0 aliphatic rings. The third-order valence-electron chi connectivity index (χ3n) is 2.04. The standard InChI is InChI=1S/C9H11N2O2/c1-7(12)10-6-11(13)9-5-3-2-4-8(9)10/h2-7,12-13H,1H3/q+1. The number of nitrogens with zero attached hydrogens (tertiary/aromatic N) is 2. The molecule has 0 saturated heterocycles. The van der Waals surface area contributed by atoms with Gasteiger partial charge >= 0.3 is 0 Å². The molecule has 1 aromatic heterocycles. The van der Waals surface area contributed by atoms with Crippen LogP contribution in [0.1, 0.15) is 13.2 Å². The number of para-hydroxylation sites is 2. The summed E-state index contributed by atoms with van der Waals surface area (Å²) in [4.78, 5) is 0. The second-order valence-corrected chi connectivity index (χ2v) is 2.99. The Bertz CT molecular complexity index is 434. The zero-order valence-electron chi connectivity index (χ0n) is 7.25.